The SMILES string of the molecule is CN1C(=O)CCC(NCc2cnc3ccccc3n2)C1=O. The van der Waals surface area contributed by atoms with Gasteiger partial charge in [0.1, 0.15) is 0 Å². The summed E-state index contributed by atoms with van der Waals surface area (Å²) in [5.41, 5.74) is 2.46. The van der Waals surface area contributed by atoms with Gasteiger partial charge in [0.25, 0.3) is 0 Å². The third kappa shape index (κ3) is 2.75. The van der Waals surface area contributed by atoms with Gasteiger partial charge >= 0.3 is 0 Å². The predicted octanol–water partition coefficient (Wildman–Crippen LogP) is 0.867. The molecule has 2 aromatic rings. The van der Waals surface area contributed by atoms with Gasteiger partial charge < -0.3 is 5.32 Å². The summed E-state index contributed by atoms with van der Waals surface area (Å²) in [4.78, 5) is 33.4. The molecular formula is C15H16N4O2. The number of piperidine rings is 1. The highest BCUT2D eigenvalue weighted by Gasteiger charge is 2.31. The van der Waals surface area contributed by atoms with Crippen molar-refractivity contribution in [3.63, 3.8) is 0 Å². The smallest absolute Gasteiger partial charge is 0.246 e. The summed E-state index contributed by atoms with van der Waals surface area (Å²) in [6.07, 6.45) is 2.63. The fraction of sp³-hybridized carbons (Fsp3) is 0.333. The number of likely N-dealkylation sites (tertiary alicyclic amines) is 1. The normalized spacial score (nSPS) is 19.3. The molecular weight excluding hydrogens is 268 g/mol. The van der Waals surface area contributed by atoms with Gasteiger partial charge in [-0.25, -0.2) is 4.98 Å². The molecule has 0 saturated carbocycles. The lowest BCUT2D eigenvalue weighted by atomic mass is 10.0. The average Bonchev–Trinajstić information content (AvgIpc) is 2.52. The van der Waals surface area contributed by atoms with Gasteiger partial charge in [0.05, 0.1) is 29.0 Å². The van der Waals surface area contributed by atoms with Gasteiger partial charge in [0.2, 0.25) is 11.8 Å². The maximum atomic E-state index is 12.0. The van der Waals surface area contributed by atoms with E-state index in [9.17, 15) is 9.59 Å². The first-order valence-electron chi connectivity index (χ1n) is 6.89. The molecule has 0 spiro atoms. The summed E-state index contributed by atoms with van der Waals surface area (Å²) in [5.74, 6) is -0.302. The van der Waals surface area contributed by atoms with E-state index in [1.807, 2.05) is 24.3 Å². The number of para-hydroxylation sites is 2. The van der Waals surface area contributed by atoms with Crippen molar-refractivity contribution in [2.75, 3.05) is 7.05 Å². The molecule has 1 N–H and O–H groups in total. The van der Waals surface area contributed by atoms with E-state index in [-0.39, 0.29) is 17.9 Å². The lowest BCUT2D eigenvalue weighted by Crippen LogP contribution is -2.51. The van der Waals surface area contributed by atoms with Crippen LogP contribution < -0.4 is 5.32 Å². The molecule has 0 aliphatic carbocycles. The Morgan fingerprint density at radius 2 is 2.05 bits per heavy atom. The zero-order chi connectivity index (χ0) is 14.8. The van der Waals surface area contributed by atoms with Crippen molar-refractivity contribution in [3.8, 4) is 0 Å². The number of benzene rings is 1. The third-order valence-corrected chi connectivity index (χ3v) is 3.68. The first kappa shape index (κ1) is 13.6. The van der Waals surface area contributed by atoms with Crippen molar-refractivity contribution in [2.45, 2.75) is 25.4 Å². The highest BCUT2D eigenvalue weighted by molar-refractivity contribution is 6.00. The quantitative estimate of drug-likeness (QED) is 0.846. The Bertz CT molecular complexity index is 701. The number of nitrogens with one attached hydrogen (secondary N) is 1. The molecule has 1 aromatic carbocycles. The second kappa shape index (κ2) is 5.57. The molecule has 1 aliphatic heterocycles. The minimum Gasteiger partial charge on any atom is -0.300 e. The zero-order valence-electron chi connectivity index (χ0n) is 11.7. The van der Waals surface area contributed by atoms with Crippen LogP contribution in [0.2, 0.25) is 0 Å². The number of rotatable bonds is 3. The van der Waals surface area contributed by atoms with E-state index in [4.69, 9.17) is 0 Å². The van der Waals surface area contributed by atoms with Gasteiger partial charge in [0.15, 0.2) is 0 Å². The van der Waals surface area contributed by atoms with Crippen molar-refractivity contribution in [2.24, 2.45) is 0 Å². The fourth-order valence-corrected chi connectivity index (χ4v) is 2.41. The van der Waals surface area contributed by atoms with Crippen LogP contribution in [0.25, 0.3) is 11.0 Å². The van der Waals surface area contributed by atoms with Gasteiger partial charge in [-0.05, 0) is 18.6 Å². The number of hydrogen-bond acceptors (Lipinski definition) is 5. The number of fused-ring (bicyclic) bond motifs is 1. The van der Waals surface area contributed by atoms with E-state index >= 15 is 0 Å². The topological polar surface area (TPSA) is 75.2 Å². The van der Waals surface area contributed by atoms with Crippen molar-refractivity contribution in [3.05, 3.63) is 36.2 Å². The van der Waals surface area contributed by atoms with Crippen LogP contribution in [0.1, 0.15) is 18.5 Å². The van der Waals surface area contributed by atoms with Gasteiger partial charge in [-0.3, -0.25) is 19.5 Å². The summed E-state index contributed by atoms with van der Waals surface area (Å²) >= 11 is 0. The lowest BCUT2D eigenvalue weighted by molar-refractivity contribution is -0.148. The fourth-order valence-electron chi connectivity index (χ4n) is 2.41. The molecule has 0 bridgehead atoms. The number of nitrogens with zero attached hydrogens (tertiary/aromatic N) is 3. The zero-order valence-corrected chi connectivity index (χ0v) is 11.7. The molecule has 108 valence electrons. The van der Waals surface area contributed by atoms with E-state index in [0.717, 1.165) is 16.7 Å². The van der Waals surface area contributed by atoms with E-state index in [2.05, 4.69) is 15.3 Å². The maximum absolute atomic E-state index is 12.0. The van der Waals surface area contributed by atoms with E-state index in [1.54, 1.807) is 6.20 Å². The molecule has 21 heavy (non-hydrogen) atoms. The molecule has 6 heteroatoms. The Labute approximate surface area is 122 Å². The molecule has 0 radical (unpaired) electrons. The molecule has 1 unspecified atom stereocenters. The summed E-state index contributed by atoms with van der Waals surface area (Å²) < 4.78 is 0. The third-order valence-electron chi connectivity index (χ3n) is 3.68. The maximum Gasteiger partial charge on any atom is 0.246 e. The highest BCUT2D eigenvalue weighted by atomic mass is 16.2. The Balaban J connectivity index is 1.69. The Morgan fingerprint density at radius 3 is 2.86 bits per heavy atom. The number of aromatic nitrogens is 2. The minimum atomic E-state index is -0.332. The molecule has 2 heterocycles. The molecule has 1 aliphatic rings. The van der Waals surface area contributed by atoms with E-state index < -0.39 is 0 Å². The van der Waals surface area contributed by atoms with Crippen LogP contribution >= 0.6 is 0 Å². The number of carbonyl (C=O) groups excluding carboxylic acids is 2. The molecule has 1 atom stereocenters. The van der Waals surface area contributed by atoms with E-state index in [0.29, 0.717) is 19.4 Å². The van der Waals surface area contributed by atoms with Gasteiger partial charge in [-0.1, -0.05) is 12.1 Å². The summed E-state index contributed by atoms with van der Waals surface area (Å²) in [7, 11) is 1.52. The number of likely N-dealkylation sites (N-methyl/N-ethyl adjacent to an activating group) is 1. The summed E-state index contributed by atoms with van der Waals surface area (Å²) in [5, 5.41) is 3.16. The van der Waals surface area contributed by atoms with Crippen LogP contribution in [0, 0.1) is 0 Å². The van der Waals surface area contributed by atoms with Crippen molar-refractivity contribution >= 4 is 22.8 Å². The standard InChI is InChI=1S/C15H16N4O2/c1-19-14(20)7-6-13(15(19)21)17-9-10-8-16-11-4-2-3-5-12(11)18-10/h2-5,8,13,17H,6-7,9H2,1H3. The second-order valence-corrected chi connectivity index (χ2v) is 5.11. The van der Waals surface area contributed by atoms with Gasteiger partial charge in [-0.15, -0.1) is 0 Å². The van der Waals surface area contributed by atoms with E-state index in [1.165, 1.54) is 11.9 Å². The van der Waals surface area contributed by atoms with Crippen LogP contribution in [0.5, 0.6) is 0 Å². The van der Waals surface area contributed by atoms with Crippen LogP contribution in [-0.4, -0.2) is 39.8 Å². The Kier molecular flexibility index (Phi) is 3.62. The molecule has 6 nitrogen and oxygen atoms in total. The first-order chi connectivity index (χ1) is 10.1. The number of hydrogen-bond donors (Lipinski definition) is 1. The van der Waals surface area contributed by atoms with Crippen LogP contribution in [0.3, 0.4) is 0 Å². The first-order valence-corrected chi connectivity index (χ1v) is 6.89. The largest absolute Gasteiger partial charge is 0.300 e. The molecule has 2 amide bonds. The van der Waals surface area contributed by atoms with Crippen molar-refractivity contribution in [1.29, 1.82) is 0 Å². The summed E-state index contributed by atoms with van der Waals surface area (Å²) in [6.45, 7) is 0.455. The van der Waals surface area contributed by atoms with Gasteiger partial charge in [-0.2, -0.15) is 0 Å². The summed E-state index contributed by atoms with van der Waals surface area (Å²) in [6, 6.07) is 7.32. The Hall–Kier alpha value is -2.34. The van der Waals surface area contributed by atoms with Crippen molar-refractivity contribution < 1.29 is 9.59 Å². The van der Waals surface area contributed by atoms with Crippen molar-refractivity contribution in [1.82, 2.24) is 20.2 Å². The number of imide groups is 1. The monoisotopic (exact) mass is 284 g/mol. The lowest BCUT2D eigenvalue weighted by Gasteiger charge is -2.28. The van der Waals surface area contributed by atoms with Gasteiger partial charge in [0, 0.05) is 20.0 Å². The van der Waals surface area contributed by atoms with Crippen LogP contribution in [0.4, 0.5) is 0 Å². The number of amides is 2. The Morgan fingerprint density at radius 1 is 1.29 bits per heavy atom. The molecule has 3 rings (SSSR count). The van der Waals surface area contributed by atoms with Crippen LogP contribution in [0.15, 0.2) is 30.5 Å². The molecule has 1 aromatic heterocycles. The van der Waals surface area contributed by atoms with Crippen LogP contribution in [-0.2, 0) is 16.1 Å². The molecule has 1 fully saturated rings. The highest BCUT2D eigenvalue weighted by Crippen LogP contribution is 2.13. The number of carbonyl (C=O) groups is 2. The average molecular weight is 284 g/mol. The predicted molar refractivity (Wildman–Crippen MR) is 77.2 cm³/mol. The minimum absolute atomic E-state index is 0.122. The second-order valence-electron chi connectivity index (χ2n) is 5.11. The molecule has 1 saturated heterocycles.